The van der Waals surface area contributed by atoms with Crippen molar-refractivity contribution in [3.8, 4) is 0 Å². The van der Waals surface area contributed by atoms with Crippen molar-refractivity contribution in [3.05, 3.63) is 57.0 Å². The third-order valence-corrected chi connectivity index (χ3v) is 4.25. The summed E-state index contributed by atoms with van der Waals surface area (Å²) in [6.45, 7) is 3.79. The Morgan fingerprint density at radius 2 is 2.00 bits per heavy atom. The van der Waals surface area contributed by atoms with Gasteiger partial charge in [0, 0.05) is 17.0 Å². The van der Waals surface area contributed by atoms with Crippen LogP contribution in [0.3, 0.4) is 0 Å². The molecule has 0 saturated heterocycles. The van der Waals surface area contributed by atoms with E-state index in [0.717, 1.165) is 16.8 Å². The van der Waals surface area contributed by atoms with E-state index in [9.17, 15) is 9.59 Å². The van der Waals surface area contributed by atoms with Crippen molar-refractivity contribution in [1.29, 1.82) is 0 Å². The van der Waals surface area contributed by atoms with Gasteiger partial charge in [0.25, 0.3) is 5.56 Å². The molecule has 0 atom stereocenters. The fourth-order valence-electron chi connectivity index (χ4n) is 2.08. The van der Waals surface area contributed by atoms with Gasteiger partial charge in [-0.1, -0.05) is 30.8 Å². The summed E-state index contributed by atoms with van der Waals surface area (Å²) < 4.78 is 4.66. The highest BCUT2D eigenvalue weighted by Gasteiger charge is 2.08. The first-order valence-corrected chi connectivity index (χ1v) is 7.93. The monoisotopic (exact) mass is 318 g/mol. The molecule has 1 heterocycles. The van der Waals surface area contributed by atoms with E-state index in [1.807, 2.05) is 26.0 Å². The van der Waals surface area contributed by atoms with Crippen molar-refractivity contribution >= 4 is 17.7 Å². The Bertz CT molecular complexity index is 723. The molecule has 22 heavy (non-hydrogen) atoms. The van der Waals surface area contributed by atoms with E-state index < -0.39 is 0 Å². The van der Waals surface area contributed by atoms with Crippen molar-refractivity contribution in [2.75, 3.05) is 7.11 Å². The Labute approximate surface area is 133 Å². The summed E-state index contributed by atoms with van der Waals surface area (Å²) in [4.78, 5) is 30.5. The Morgan fingerprint density at radius 1 is 1.32 bits per heavy atom. The lowest BCUT2D eigenvalue weighted by Gasteiger charge is -2.06. The van der Waals surface area contributed by atoms with Crippen LogP contribution >= 0.6 is 11.8 Å². The van der Waals surface area contributed by atoms with Crippen molar-refractivity contribution in [1.82, 2.24) is 9.97 Å². The summed E-state index contributed by atoms with van der Waals surface area (Å²) in [5.74, 6) is 0.311. The molecule has 2 rings (SSSR count). The first-order valence-electron chi connectivity index (χ1n) is 6.95. The molecule has 0 fully saturated rings. The number of methoxy groups -OCH3 is 1. The standard InChI is InChI=1S/C16H18N2O3S/c1-4-13-10(2)17-16(18-14(13)19)22-9-11-5-7-12(8-6-11)15(20)21-3/h5-8H,4,9H2,1-3H3,(H,17,18,19). The van der Waals surface area contributed by atoms with E-state index in [1.165, 1.54) is 18.9 Å². The Morgan fingerprint density at radius 3 is 2.55 bits per heavy atom. The van der Waals surface area contributed by atoms with Gasteiger partial charge in [-0.25, -0.2) is 9.78 Å². The number of ether oxygens (including phenoxy) is 1. The second kappa shape index (κ2) is 7.26. The number of aromatic nitrogens is 2. The smallest absolute Gasteiger partial charge is 0.337 e. The highest BCUT2D eigenvalue weighted by molar-refractivity contribution is 7.98. The van der Waals surface area contributed by atoms with E-state index in [4.69, 9.17) is 0 Å². The van der Waals surface area contributed by atoms with E-state index >= 15 is 0 Å². The Hall–Kier alpha value is -2.08. The predicted octanol–water partition coefficient (Wildman–Crippen LogP) is 2.72. The van der Waals surface area contributed by atoms with Crippen LogP contribution in [0.1, 0.15) is 34.1 Å². The second-order valence-corrected chi connectivity index (χ2v) is 5.73. The maximum absolute atomic E-state index is 11.9. The molecule has 0 aliphatic heterocycles. The molecule has 116 valence electrons. The lowest BCUT2D eigenvalue weighted by Crippen LogP contribution is -2.16. The Balaban J connectivity index is 2.07. The minimum absolute atomic E-state index is 0.0708. The number of hydrogen-bond acceptors (Lipinski definition) is 5. The molecule has 1 N–H and O–H groups in total. The van der Waals surface area contributed by atoms with Crippen LogP contribution in [0.25, 0.3) is 0 Å². The van der Waals surface area contributed by atoms with E-state index in [0.29, 0.717) is 22.9 Å². The second-order valence-electron chi connectivity index (χ2n) is 4.77. The third kappa shape index (κ3) is 3.76. The van der Waals surface area contributed by atoms with Gasteiger partial charge < -0.3 is 9.72 Å². The van der Waals surface area contributed by atoms with Gasteiger partial charge >= 0.3 is 5.97 Å². The van der Waals surface area contributed by atoms with Gasteiger partial charge in [0.2, 0.25) is 0 Å². The number of nitrogens with zero attached hydrogens (tertiary/aromatic N) is 1. The number of hydrogen-bond donors (Lipinski definition) is 1. The summed E-state index contributed by atoms with van der Waals surface area (Å²) >= 11 is 1.46. The van der Waals surface area contributed by atoms with Crippen molar-refractivity contribution in [2.45, 2.75) is 31.2 Å². The number of aromatic amines is 1. The summed E-state index contributed by atoms with van der Waals surface area (Å²) in [5, 5.41) is 0.608. The van der Waals surface area contributed by atoms with E-state index in [2.05, 4.69) is 14.7 Å². The lowest BCUT2D eigenvalue weighted by atomic mass is 10.1. The average Bonchev–Trinajstić information content (AvgIpc) is 2.52. The molecule has 0 unspecified atom stereocenters. The van der Waals surface area contributed by atoms with Crippen LogP contribution < -0.4 is 5.56 Å². The van der Waals surface area contributed by atoms with Crippen LogP contribution in [-0.2, 0) is 16.9 Å². The van der Waals surface area contributed by atoms with Gasteiger partial charge in [0.15, 0.2) is 5.16 Å². The van der Waals surface area contributed by atoms with Crippen LogP contribution in [0.4, 0.5) is 0 Å². The Kier molecular flexibility index (Phi) is 5.38. The SMILES string of the molecule is CCc1c(C)nc(SCc2ccc(C(=O)OC)cc2)[nH]c1=O. The van der Waals surface area contributed by atoms with Crippen LogP contribution in [0, 0.1) is 6.92 Å². The predicted molar refractivity (Wildman–Crippen MR) is 86.3 cm³/mol. The number of rotatable bonds is 5. The van der Waals surface area contributed by atoms with Crippen LogP contribution in [0.5, 0.6) is 0 Å². The van der Waals surface area contributed by atoms with Crippen LogP contribution in [0.15, 0.2) is 34.2 Å². The minimum atomic E-state index is -0.351. The number of carbonyl (C=O) groups excluding carboxylic acids is 1. The first-order chi connectivity index (χ1) is 10.5. The molecular formula is C16H18N2O3S. The fourth-order valence-corrected chi connectivity index (χ4v) is 2.94. The molecule has 0 aliphatic rings. The number of H-pyrrole nitrogens is 1. The van der Waals surface area contributed by atoms with Gasteiger partial charge in [-0.3, -0.25) is 4.79 Å². The molecule has 0 spiro atoms. The van der Waals surface area contributed by atoms with E-state index in [-0.39, 0.29) is 11.5 Å². The summed E-state index contributed by atoms with van der Waals surface area (Å²) in [6, 6.07) is 7.18. The zero-order valence-corrected chi connectivity index (χ0v) is 13.6. The van der Waals surface area contributed by atoms with Gasteiger partial charge in [-0.05, 0) is 31.0 Å². The van der Waals surface area contributed by atoms with Crippen LogP contribution in [0.2, 0.25) is 0 Å². The van der Waals surface area contributed by atoms with Gasteiger partial charge in [-0.15, -0.1) is 0 Å². The van der Waals surface area contributed by atoms with Crippen molar-refractivity contribution in [2.24, 2.45) is 0 Å². The normalized spacial score (nSPS) is 10.5. The summed E-state index contributed by atoms with van der Waals surface area (Å²) in [5.41, 5.74) is 2.99. The molecule has 0 bridgehead atoms. The van der Waals surface area contributed by atoms with E-state index in [1.54, 1.807) is 12.1 Å². The van der Waals surface area contributed by atoms with Crippen molar-refractivity contribution < 1.29 is 9.53 Å². The zero-order chi connectivity index (χ0) is 16.1. The van der Waals surface area contributed by atoms with Crippen LogP contribution in [-0.4, -0.2) is 23.0 Å². The molecule has 5 nitrogen and oxygen atoms in total. The molecular weight excluding hydrogens is 300 g/mol. The topological polar surface area (TPSA) is 72.0 Å². The van der Waals surface area contributed by atoms with Gasteiger partial charge in [-0.2, -0.15) is 0 Å². The van der Waals surface area contributed by atoms with Crippen molar-refractivity contribution in [3.63, 3.8) is 0 Å². The van der Waals surface area contributed by atoms with Gasteiger partial charge in [0.05, 0.1) is 12.7 Å². The lowest BCUT2D eigenvalue weighted by molar-refractivity contribution is 0.0600. The number of nitrogens with one attached hydrogen (secondary N) is 1. The molecule has 0 amide bonds. The molecule has 0 radical (unpaired) electrons. The number of esters is 1. The molecule has 1 aromatic heterocycles. The summed E-state index contributed by atoms with van der Waals surface area (Å²) in [7, 11) is 1.36. The highest BCUT2D eigenvalue weighted by Crippen LogP contribution is 2.19. The number of benzene rings is 1. The number of aryl methyl sites for hydroxylation is 1. The van der Waals surface area contributed by atoms with Gasteiger partial charge in [0.1, 0.15) is 0 Å². The molecule has 1 aromatic carbocycles. The molecule has 0 aliphatic carbocycles. The largest absolute Gasteiger partial charge is 0.465 e. The maximum Gasteiger partial charge on any atom is 0.337 e. The first kappa shape index (κ1) is 16.3. The fraction of sp³-hybridized carbons (Fsp3) is 0.312. The summed E-state index contributed by atoms with van der Waals surface area (Å²) in [6.07, 6.45) is 0.675. The zero-order valence-electron chi connectivity index (χ0n) is 12.8. The third-order valence-electron chi connectivity index (χ3n) is 3.30. The quantitative estimate of drug-likeness (QED) is 0.521. The maximum atomic E-state index is 11.9. The molecule has 6 heteroatoms. The molecule has 0 saturated carbocycles. The molecule has 2 aromatic rings. The number of carbonyl (C=O) groups is 1. The highest BCUT2D eigenvalue weighted by atomic mass is 32.2. The average molecular weight is 318 g/mol. The number of thioether (sulfide) groups is 1. The minimum Gasteiger partial charge on any atom is -0.465 e.